The molecule has 0 aliphatic carbocycles. The number of rotatable bonds is 4. The van der Waals surface area contributed by atoms with Gasteiger partial charge in [0.15, 0.2) is 0 Å². The van der Waals surface area contributed by atoms with Crippen molar-refractivity contribution in [1.82, 2.24) is 0 Å². The topological polar surface area (TPSA) is 174 Å². The molecule has 1 aliphatic heterocycles. The molecule has 0 aromatic rings. The lowest BCUT2D eigenvalue weighted by Gasteiger charge is -2.22. The summed E-state index contributed by atoms with van der Waals surface area (Å²) in [5, 5.41) is 52.9. The Bertz CT molecular complexity index is 313. The summed E-state index contributed by atoms with van der Waals surface area (Å²) >= 11 is 0. The highest BCUT2D eigenvalue weighted by molar-refractivity contribution is 5.73. The van der Waals surface area contributed by atoms with E-state index in [4.69, 9.17) is 31.3 Å². The first-order valence-electron chi connectivity index (χ1n) is 6.07. The SMILES string of the molecule is CC(C)[C@H](N)C(=O)O.OC[C@H]1O[C@](O)(CO)[C@@H](O)[C@@H]1O. The lowest BCUT2D eigenvalue weighted by molar-refractivity contribution is -0.248. The molecule has 0 amide bonds. The van der Waals surface area contributed by atoms with Gasteiger partial charge >= 0.3 is 5.97 Å². The van der Waals surface area contributed by atoms with E-state index in [1.807, 2.05) is 0 Å². The van der Waals surface area contributed by atoms with E-state index >= 15 is 0 Å². The summed E-state index contributed by atoms with van der Waals surface area (Å²) in [5.41, 5.74) is 5.16. The van der Waals surface area contributed by atoms with Gasteiger partial charge in [-0.2, -0.15) is 0 Å². The van der Waals surface area contributed by atoms with E-state index in [-0.39, 0.29) is 5.92 Å². The van der Waals surface area contributed by atoms with Gasteiger partial charge in [0.05, 0.1) is 13.2 Å². The lowest BCUT2D eigenvalue weighted by atomic mass is 10.1. The molecule has 9 heteroatoms. The molecule has 1 fully saturated rings. The Hall–Kier alpha value is -0.810. The number of ether oxygens (including phenoxy) is 1. The number of nitrogens with two attached hydrogens (primary N) is 1. The molecule has 1 heterocycles. The van der Waals surface area contributed by atoms with E-state index in [0.29, 0.717) is 0 Å². The van der Waals surface area contributed by atoms with Crippen LogP contribution in [0.1, 0.15) is 13.8 Å². The van der Waals surface area contributed by atoms with Crippen molar-refractivity contribution < 1.29 is 40.2 Å². The van der Waals surface area contributed by atoms with E-state index in [0.717, 1.165) is 0 Å². The van der Waals surface area contributed by atoms with E-state index < -0.39 is 49.3 Å². The second-order valence-corrected chi connectivity index (χ2v) is 4.89. The number of carboxylic acids is 1. The van der Waals surface area contributed by atoms with Crippen LogP contribution in [0.4, 0.5) is 0 Å². The average molecular weight is 297 g/mol. The first kappa shape index (κ1) is 19.2. The summed E-state index contributed by atoms with van der Waals surface area (Å²) in [7, 11) is 0. The van der Waals surface area contributed by atoms with Crippen LogP contribution in [0.25, 0.3) is 0 Å². The van der Waals surface area contributed by atoms with Gasteiger partial charge in [-0.15, -0.1) is 0 Å². The van der Waals surface area contributed by atoms with Crippen LogP contribution in [0.2, 0.25) is 0 Å². The van der Waals surface area contributed by atoms with Crippen molar-refractivity contribution in [3.63, 3.8) is 0 Å². The van der Waals surface area contributed by atoms with Gasteiger partial charge in [-0.3, -0.25) is 4.79 Å². The molecule has 0 spiro atoms. The van der Waals surface area contributed by atoms with E-state index in [2.05, 4.69) is 4.74 Å². The van der Waals surface area contributed by atoms with Crippen LogP contribution in [0.5, 0.6) is 0 Å². The molecule has 0 aromatic carbocycles. The largest absolute Gasteiger partial charge is 0.480 e. The fraction of sp³-hybridized carbons (Fsp3) is 0.909. The van der Waals surface area contributed by atoms with Crippen LogP contribution in [-0.2, 0) is 9.53 Å². The molecule has 0 bridgehead atoms. The molecule has 0 aromatic heterocycles. The molecule has 8 N–H and O–H groups in total. The molecule has 1 rings (SSSR count). The predicted molar refractivity (Wildman–Crippen MR) is 66.5 cm³/mol. The summed E-state index contributed by atoms with van der Waals surface area (Å²) in [6.07, 6.45) is -4.04. The maximum absolute atomic E-state index is 10.0. The van der Waals surface area contributed by atoms with Crippen LogP contribution in [-0.4, -0.2) is 80.0 Å². The zero-order valence-electron chi connectivity index (χ0n) is 11.4. The number of carbonyl (C=O) groups is 1. The van der Waals surface area contributed by atoms with Gasteiger partial charge in [-0.05, 0) is 5.92 Å². The molecule has 0 unspecified atom stereocenters. The van der Waals surface area contributed by atoms with Crippen molar-refractivity contribution in [3.05, 3.63) is 0 Å². The van der Waals surface area contributed by atoms with Gasteiger partial charge < -0.3 is 41.1 Å². The van der Waals surface area contributed by atoms with Crippen LogP contribution < -0.4 is 5.73 Å². The van der Waals surface area contributed by atoms with Crippen molar-refractivity contribution >= 4 is 5.97 Å². The van der Waals surface area contributed by atoms with Gasteiger partial charge in [-0.25, -0.2) is 0 Å². The first-order chi connectivity index (χ1) is 9.10. The standard InChI is InChI=1S/C6H12O6.C5H11NO2/c7-1-3-4(9)5(10)6(11,2-8)12-3;1-3(2)4(6)5(7)8/h3-5,7-11H,1-2H2;3-4H,6H2,1-2H3,(H,7,8)/t3-,4-,5+,6-;4-/m10/s1. The molecule has 5 atom stereocenters. The zero-order chi connectivity index (χ0) is 16.1. The van der Waals surface area contributed by atoms with Crippen LogP contribution in [0.15, 0.2) is 0 Å². The molecular formula is C11H23NO8. The summed E-state index contributed by atoms with van der Waals surface area (Å²) in [5.74, 6) is -3.07. The lowest BCUT2D eigenvalue weighted by Crippen LogP contribution is -2.46. The molecule has 0 saturated carbocycles. The Labute approximate surface area is 116 Å². The van der Waals surface area contributed by atoms with Crippen molar-refractivity contribution in [2.75, 3.05) is 13.2 Å². The summed E-state index contributed by atoms with van der Waals surface area (Å²) in [6, 6.07) is -0.713. The molecule has 9 nitrogen and oxygen atoms in total. The maximum Gasteiger partial charge on any atom is 0.320 e. The van der Waals surface area contributed by atoms with Crippen LogP contribution in [0.3, 0.4) is 0 Å². The zero-order valence-corrected chi connectivity index (χ0v) is 11.4. The summed E-state index contributed by atoms with van der Waals surface area (Å²) < 4.78 is 4.63. The van der Waals surface area contributed by atoms with Crippen molar-refractivity contribution in [3.8, 4) is 0 Å². The number of aliphatic hydroxyl groups is 5. The number of hydrogen-bond acceptors (Lipinski definition) is 8. The Morgan fingerprint density at radius 3 is 2.00 bits per heavy atom. The predicted octanol–water partition coefficient (Wildman–Crippen LogP) is -3.17. The van der Waals surface area contributed by atoms with Gasteiger partial charge in [0.25, 0.3) is 0 Å². The Balaban J connectivity index is 0.000000396. The number of aliphatic hydroxyl groups excluding tert-OH is 4. The van der Waals surface area contributed by atoms with Gasteiger partial charge in [0.1, 0.15) is 24.4 Å². The quantitative estimate of drug-likeness (QED) is 0.282. The van der Waals surface area contributed by atoms with E-state index in [1.165, 1.54) is 0 Å². The van der Waals surface area contributed by atoms with Crippen molar-refractivity contribution in [2.24, 2.45) is 11.7 Å². The molecule has 120 valence electrons. The average Bonchev–Trinajstić information content (AvgIpc) is 2.63. The maximum atomic E-state index is 10.0. The van der Waals surface area contributed by atoms with Crippen molar-refractivity contribution in [2.45, 2.75) is 44.0 Å². The fourth-order valence-electron chi connectivity index (χ4n) is 1.43. The van der Waals surface area contributed by atoms with Crippen LogP contribution in [0, 0.1) is 5.92 Å². The number of hydrogen-bond donors (Lipinski definition) is 7. The third kappa shape index (κ3) is 4.63. The second-order valence-electron chi connectivity index (χ2n) is 4.89. The molecule has 0 radical (unpaired) electrons. The fourth-order valence-corrected chi connectivity index (χ4v) is 1.43. The molecule has 20 heavy (non-hydrogen) atoms. The minimum atomic E-state index is -2.16. The number of aliphatic carboxylic acids is 1. The highest BCUT2D eigenvalue weighted by Gasteiger charge is 2.52. The monoisotopic (exact) mass is 297 g/mol. The Morgan fingerprint density at radius 2 is 1.85 bits per heavy atom. The number of carboxylic acid groups (broad SMARTS) is 1. The highest BCUT2D eigenvalue weighted by Crippen LogP contribution is 2.28. The van der Waals surface area contributed by atoms with Crippen molar-refractivity contribution in [1.29, 1.82) is 0 Å². The summed E-state index contributed by atoms with van der Waals surface area (Å²) in [6.45, 7) is 2.19. The third-order valence-corrected chi connectivity index (χ3v) is 2.93. The minimum Gasteiger partial charge on any atom is -0.480 e. The van der Waals surface area contributed by atoms with Gasteiger partial charge in [0, 0.05) is 0 Å². The van der Waals surface area contributed by atoms with Gasteiger partial charge in [0.2, 0.25) is 5.79 Å². The smallest absolute Gasteiger partial charge is 0.320 e. The third-order valence-electron chi connectivity index (χ3n) is 2.93. The normalized spacial score (nSPS) is 34.5. The molecule has 1 aliphatic rings. The molecular weight excluding hydrogens is 274 g/mol. The summed E-state index contributed by atoms with van der Waals surface area (Å²) in [4.78, 5) is 10.0. The highest BCUT2D eigenvalue weighted by atomic mass is 16.7. The first-order valence-corrected chi connectivity index (χ1v) is 6.07. The van der Waals surface area contributed by atoms with Crippen LogP contribution >= 0.6 is 0 Å². The second kappa shape index (κ2) is 7.84. The van der Waals surface area contributed by atoms with Gasteiger partial charge in [-0.1, -0.05) is 13.8 Å². The minimum absolute atomic E-state index is 0.0208. The Morgan fingerprint density at radius 1 is 1.35 bits per heavy atom. The van der Waals surface area contributed by atoms with E-state index in [9.17, 15) is 9.90 Å². The van der Waals surface area contributed by atoms with E-state index in [1.54, 1.807) is 13.8 Å². The Kier molecular flexibility index (Phi) is 7.52. The molecule has 1 saturated heterocycles.